The van der Waals surface area contributed by atoms with Crippen molar-refractivity contribution in [2.45, 2.75) is 20.3 Å². The zero-order valence-corrected chi connectivity index (χ0v) is 12.2. The van der Waals surface area contributed by atoms with Gasteiger partial charge in [-0.25, -0.2) is 0 Å². The van der Waals surface area contributed by atoms with Crippen LogP contribution in [-0.4, -0.2) is 23.2 Å². The average Bonchev–Trinajstić information content (AvgIpc) is 2.50. The molecule has 0 radical (unpaired) electrons. The number of rotatable bonds is 7. The number of nitrogen functional groups attached to an aromatic ring is 1. The molecule has 2 rings (SSSR count). The smallest absolute Gasteiger partial charge is 0.250 e. The van der Waals surface area contributed by atoms with Crippen LogP contribution in [-0.2, 0) is 0 Å². The first-order chi connectivity index (χ1) is 10.3. The van der Waals surface area contributed by atoms with Crippen molar-refractivity contribution < 1.29 is 14.2 Å². The van der Waals surface area contributed by atoms with Gasteiger partial charge in [0.2, 0.25) is 11.8 Å². The van der Waals surface area contributed by atoms with E-state index in [1.54, 1.807) is 6.07 Å². The van der Waals surface area contributed by atoms with E-state index in [9.17, 15) is 0 Å². The maximum absolute atomic E-state index is 5.95. The molecule has 1 aromatic carbocycles. The lowest BCUT2D eigenvalue weighted by Gasteiger charge is -2.13. The van der Waals surface area contributed by atoms with E-state index in [-0.39, 0.29) is 11.6 Å². The number of benzene rings is 1. The molecule has 6 nitrogen and oxygen atoms in total. The minimum absolute atomic E-state index is 0.251. The number of hydrogen-bond donors (Lipinski definition) is 1. The molecule has 0 aliphatic carbocycles. The van der Waals surface area contributed by atoms with Crippen molar-refractivity contribution in [3.63, 3.8) is 0 Å². The first kappa shape index (κ1) is 14.9. The van der Waals surface area contributed by atoms with E-state index in [1.165, 1.54) is 6.33 Å². The summed E-state index contributed by atoms with van der Waals surface area (Å²) in [4.78, 5) is 8.02. The number of anilines is 1. The highest BCUT2D eigenvalue weighted by molar-refractivity contribution is 5.57. The normalized spacial score (nSPS) is 10.2. The van der Waals surface area contributed by atoms with Crippen LogP contribution in [0.1, 0.15) is 20.3 Å². The van der Waals surface area contributed by atoms with E-state index in [0.717, 1.165) is 6.42 Å². The largest absolute Gasteiger partial charge is 0.490 e. The zero-order chi connectivity index (χ0) is 15.1. The molecule has 0 atom stereocenters. The van der Waals surface area contributed by atoms with Crippen molar-refractivity contribution in [1.29, 1.82) is 0 Å². The molecule has 21 heavy (non-hydrogen) atoms. The van der Waals surface area contributed by atoms with Crippen LogP contribution in [0.4, 0.5) is 5.69 Å². The first-order valence-electron chi connectivity index (χ1n) is 6.89. The van der Waals surface area contributed by atoms with Crippen molar-refractivity contribution in [1.82, 2.24) is 9.97 Å². The highest BCUT2D eigenvalue weighted by Crippen LogP contribution is 2.35. The van der Waals surface area contributed by atoms with Gasteiger partial charge in [0.15, 0.2) is 17.2 Å². The Balaban J connectivity index is 2.24. The molecule has 0 saturated carbocycles. The Morgan fingerprint density at radius 1 is 1.00 bits per heavy atom. The third-order valence-electron chi connectivity index (χ3n) is 2.61. The van der Waals surface area contributed by atoms with Crippen LogP contribution in [0.3, 0.4) is 0 Å². The summed E-state index contributed by atoms with van der Waals surface area (Å²) in [5, 5.41) is 0. The first-order valence-corrected chi connectivity index (χ1v) is 6.89. The molecule has 0 spiro atoms. The predicted octanol–water partition coefficient (Wildman–Crippen LogP) is 3.04. The fraction of sp³-hybridized carbons (Fsp3) is 0.333. The number of ether oxygens (including phenoxy) is 3. The second-order valence-corrected chi connectivity index (χ2v) is 4.23. The molecule has 2 N–H and O–H groups in total. The van der Waals surface area contributed by atoms with E-state index < -0.39 is 0 Å². The third-order valence-corrected chi connectivity index (χ3v) is 2.61. The van der Waals surface area contributed by atoms with Crippen molar-refractivity contribution in [3.8, 4) is 23.3 Å². The number of aromatic nitrogens is 2. The molecular weight excluding hydrogens is 270 g/mol. The SMILES string of the molecule is CCCOc1ccccc1Oc1ncnc(OCC)c1N. The summed E-state index contributed by atoms with van der Waals surface area (Å²) in [6.45, 7) is 4.98. The van der Waals surface area contributed by atoms with Crippen LogP contribution in [0.5, 0.6) is 23.3 Å². The summed E-state index contributed by atoms with van der Waals surface area (Å²) in [5.74, 6) is 1.77. The third kappa shape index (κ3) is 3.75. The number of hydrogen-bond acceptors (Lipinski definition) is 6. The molecule has 1 heterocycles. The van der Waals surface area contributed by atoms with Gasteiger partial charge in [-0.15, -0.1) is 0 Å². The quantitative estimate of drug-likeness (QED) is 0.844. The van der Waals surface area contributed by atoms with Gasteiger partial charge in [-0.05, 0) is 25.5 Å². The molecule has 0 aliphatic heterocycles. The van der Waals surface area contributed by atoms with Crippen LogP contribution in [0.2, 0.25) is 0 Å². The van der Waals surface area contributed by atoms with E-state index >= 15 is 0 Å². The molecule has 0 saturated heterocycles. The summed E-state index contributed by atoms with van der Waals surface area (Å²) in [6, 6.07) is 7.38. The number of nitrogens with zero attached hydrogens (tertiary/aromatic N) is 2. The zero-order valence-electron chi connectivity index (χ0n) is 12.2. The van der Waals surface area contributed by atoms with Gasteiger partial charge < -0.3 is 19.9 Å². The Hall–Kier alpha value is -2.50. The molecule has 0 unspecified atom stereocenters. The lowest BCUT2D eigenvalue weighted by Crippen LogP contribution is -2.03. The van der Waals surface area contributed by atoms with Crippen molar-refractivity contribution in [3.05, 3.63) is 30.6 Å². The topological polar surface area (TPSA) is 79.5 Å². The molecule has 0 bridgehead atoms. The van der Waals surface area contributed by atoms with Gasteiger partial charge in [-0.3, -0.25) is 0 Å². The van der Waals surface area contributed by atoms with Gasteiger partial charge in [0.25, 0.3) is 0 Å². The van der Waals surface area contributed by atoms with Crippen molar-refractivity contribution in [2.75, 3.05) is 18.9 Å². The van der Waals surface area contributed by atoms with Crippen LogP contribution < -0.4 is 19.9 Å². The molecule has 0 amide bonds. The lowest BCUT2D eigenvalue weighted by molar-refractivity contribution is 0.299. The van der Waals surface area contributed by atoms with Gasteiger partial charge in [-0.1, -0.05) is 19.1 Å². The Kier molecular flexibility index (Phi) is 5.20. The fourth-order valence-electron chi connectivity index (χ4n) is 1.67. The van der Waals surface area contributed by atoms with Gasteiger partial charge >= 0.3 is 0 Å². The Labute approximate surface area is 123 Å². The maximum Gasteiger partial charge on any atom is 0.250 e. The second-order valence-electron chi connectivity index (χ2n) is 4.23. The molecule has 1 aromatic heterocycles. The summed E-state index contributed by atoms with van der Waals surface area (Å²) in [6.07, 6.45) is 2.27. The Morgan fingerprint density at radius 2 is 1.71 bits per heavy atom. The molecule has 0 fully saturated rings. The molecule has 6 heteroatoms. The van der Waals surface area contributed by atoms with E-state index in [4.69, 9.17) is 19.9 Å². The van der Waals surface area contributed by atoms with Gasteiger partial charge in [0.1, 0.15) is 6.33 Å². The van der Waals surface area contributed by atoms with Gasteiger partial charge in [-0.2, -0.15) is 9.97 Å². The van der Waals surface area contributed by atoms with Gasteiger partial charge in [0.05, 0.1) is 13.2 Å². The summed E-state index contributed by atoms with van der Waals surface area (Å²) in [5.41, 5.74) is 6.22. The monoisotopic (exact) mass is 289 g/mol. The number of para-hydroxylation sites is 2. The number of nitrogens with two attached hydrogens (primary N) is 1. The summed E-state index contributed by atoms with van der Waals surface area (Å²) >= 11 is 0. The van der Waals surface area contributed by atoms with E-state index in [0.29, 0.717) is 30.6 Å². The standard InChI is InChI=1S/C15H19N3O3/c1-3-9-20-11-7-5-6-8-12(11)21-15-13(16)14(19-4-2)17-10-18-15/h5-8,10H,3-4,9,16H2,1-2H3. The molecule has 0 aliphatic rings. The van der Waals surface area contributed by atoms with Crippen LogP contribution in [0.25, 0.3) is 0 Å². The van der Waals surface area contributed by atoms with Crippen LogP contribution >= 0.6 is 0 Å². The van der Waals surface area contributed by atoms with Gasteiger partial charge in [0, 0.05) is 0 Å². The highest BCUT2D eigenvalue weighted by Gasteiger charge is 2.13. The lowest BCUT2D eigenvalue weighted by atomic mass is 10.3. The minimum Gasteiger partial charge on any atom is -0.490 e. The van der Waals surface area contributed by atoms with E-state index in [1.807, 2.05) is 32.0 Å². The van der Waals surface area contributed by atoms with E-state index in [2.05, 4.69) is 9.97 Å². The molecular formula is C15H19N3O3. The Morgan fingerprint density at radius 3 is 2.43 bits per heavy atom. The highest BCUT2D eigenvalue weighted by atomic mass is 16.5. The second kappa shape index (κ2) is 7.33. The summed E-state index contributed by atoms with van der Waals surface area (Å²) < 4.78 is 16.7. The Bertz CT molecular complexity index is 590. The van der Waals surface area contributed by atoms with Crippen molar-refractivity contribution >= 4 is 5.69 Å². The molecule has 2 aromatic rings. The van der Waals surface area contributed by atoms with Crippen LogP contribution in [0.15, 0.2) is 30.6 Å². The maximum atomic E-state index is 5.95. The average molecular weight is 289 g/mol. The summed E-state index contributed by atoms with van der Waals surface area (Å²) in [7, 11) is 0. The predicted molar refractivity (Wildman–Crippen MR) is 79.9 cm³/mol. The van der Waals surface area contributed by atoms with Crippen molar-refractivity contribution in [2.24, 2.45) is 0 Å². The molecule has 112 valence electrons. The minimum atomic E-state index is 0.251. The fourth-order valence-corrected chi connectivity index (χ4v) is 1.67. The van der Waals surface area contributed by atoms with Crippen LogP contribution in [0, 0.1) is 0 Å².